The van der Waals surface area contributed by atoms with Gasteiger partial charge in [-0.15, -0.1) is 0 Å². The predicted octanol–water partition coefficient (Wildman–Crippen LogP) is 2.83. The van der Waals surface area contributed by atoms with Gasteiger partial charge in [0.25, 0.3) is 0 Å². The molecule has 0 aromatic rings. The van der Waals surface area contributed by atoms with Crippen LogP contribution in [0.5, 0.6) is 0 Å². The Morgan fingerprint density at radius 1 is 1.53 bits per heavy atom. The van der Waals surface area contributed by atoms with Crippen LogP contribution >= 0.6 is 0 Å². The minimum absolute atomic E-state index is 0.0305. The lowest BCUT2D eigenvalue weighted by Gasteiger charge is -2.40. The molecule has 106 valence electrons. The zero-order chi connectivity index (χ0) is 13.6. The Morgan fingerprint density at radius 3 is 3.00 bits per heavy atom. The molecule has 0 radical (unpaired) electrons. The summed E-state index contributed by atoms with van der Waals surface area (Å²) in [5.41, 5.74) is 0.834. The SMILES string of the molecule is CCC1(O)CCC=C2C[C@@H](OC(C)=O)CC3CC3C21. The fourth-order valence-electron chi connectivity index (χ4n) is 4.37. The molecule has 2 saturated carbocycles. The summed E-state index contributed by atoms with van der Waals surface area (Å²) < 4.78 is 5.46. The number of esters is 1. The van der Waals surface area contributed by atoms with Crippen molar-refractivity contribution < 1.29 is 14.6 Å². The highest BCUT2D eigenvalue weighted by atomic mass is 16.5. The third-order valence-electron chi connectivity index (χ3n) is 5.34. The maximum atomic E-state index is 11.2. The minimum atomic E-state index is -0.519. The second-order valence-electron chi connectivity index (χ2n) is 6.58. The van der Waals surface area contributed by atoms with Crippen LogP contribution in [0.2, 0.25) is 0 Å². The standard InChI is InChI=1S/C16H24O3/c1-3-16(18)6-4-5-11-7-13(19-10(2)17)8-12-9-14(12)15(11)16/h5,12-15,18H,3-4,6-9H2,1-2H3/t12?,13-,14?,15?,16?/m1/s1. The third kappa shape index (κ3) is 2.33. The molecule has 3 aliphatic carbocycles. The van der Waals surface area contributed by atoms with Crippen molar-refractivity contribution in [1.29, 1.82) is 0 Å². The lowest BCUT2D eigenvalue weighted by Crippen LogP contribution is -2.42. The topological polar surface area (TPSA) is 46.5 Å². The second kappa shape index (κ2) is 4.62. The van der Waals surface area contributed by atoms with E-state index in [4.69, 9.17) is 4.74 Å². The van der Waals surface area contributed by atoms with Crippen LogP contribution in [0.15, 0.2) is 11.6 Å². The van der Waals surface area contributed by atoms with Crippen molar-refractivity contribution in [2.75, 3.05) is 0 Å². The summed E-state index contributed by atoms with van der Waals surface area (Å²) in [5, 5.41) is 10.9. The predicted molar refractivity (Wildman–Crippen MR) is 72.4 cm³/mol. The Kier molecular flexibility index (Phi) is 3.20. The summed E-state index contributed by atoms with van der Waals surface area (Å²) in [6, 6.07) is 0. The molecule has 0 bridgehead atoms. The van der Waals surface area contributed by atoms with Crippen molar-refractivity contribution in [3.63, 3.8) is 0 Å². The summed E-state index contributed by atoms with van der Waals surface area (Å²) >= 11 is 0. The molecule has 0 aromatic carbocycles. The summed E-state index contributed by atoms with van der Waals surface area (Å²) in [4.78, 5) is 11.2. The number of carbonyl (C=O) groups is 1. The number of rotatable bonds is 2. The molecule has 3 rings (SSSR count). The molecular weight excluding hydrogens is 240 g/mol. The summed E-state index contributed by atoms with van der Waals surface area (Å²) in [7, 11) is 0. The summed E-state index contributed by atoms with van der Waals surface area (Å²) in [6.07, 6.45) is 8.02. The van der Waals surface area contributed by atoms with Crippen LogP contribution in [0.4, 0.5) is 0 Å². The number of ether oxygens (including phenoxy) is 1. The molecule has 2 fully saturated rings. The van der Waals surface area contributed by atoms with E-state index in [-0.39, 0.29) is 12.1 Å². The van der Waals surface area contributed by atoms with Gasteiger partial charge in [0.15, 0.2) is 0 Å². The van der Waals surface area contributed by atoms with Crippen LogP contribution in [0.1, 0.15) is 52.4 Å². The summed E-state index contributed by atoms with van der Waals surface area (Å²) in [5.74, 6) is 1.41. The highest BCUT2D eigenvalue weighted by molar-refractivity contribution is 5.66. The van der Waals surface area contributed by atoms with Crippen molar-refractivity contribution in [2.45, 2.75) is 64.1 Å². The molecule has 4 unspecified atom stereocenters. The van der Waals surface area contributed by atoms with Crippen molar-refractivity contribution in [2.24, 2.45) is 17.8 Å². The number of fused-ring (bicyclic) bond motifs is 3. The number of hydrogen-bond donors (Lipinski definition) is 1. The van der Waals surface area contributed by atoms with Gasteiger partial charge in [-0.3, -0.25) is 4.79 Å². The van der Waals surface area contributed by atoms with E-state index < -0.39 is 5.60 Å². The average molecular weight is 264 g/mol. The van der Waals surface area contributed by atoms with Gasteiger partial charge in [0.1, 0.15) is 6.10 Å². The Hall–Kier alpha value is -0.830. The average Bonchev–Trinajstić information content (AvgIpc) is 3.07. The Morgan fingerprint density at radius 2 is 2.32 bits per heavy atom. The number of allylic oxidation sites excluding steroid dienone is 1. The van der Waals surface area contributed by atoms with Gasteiger partial charge >= 0.3 is 5.97 Å². The molecule has 0 saturated heterocycles. The quantitative estimate of drug-likeness (QED) is 0.616. The molecule has 0 aliphatic heterocycles. The largest absolute Gasteiger partial charge is 0.462 e. The van der Waals surface area contributed by atoms with Gasteiger partial charge < -0.3 is 9.84 Å². The summed E-state index contributed by atoms with van der Waals surface area (Å²) in [6.45, 7) is 3.58. The van der Waals surface area contributed by atoms with E-state index in [0.717, 1.165) is 32.1 Å². The molecule has 3 aliphatic rings. The zero-order valence-electron chi connectivity index (χ0n) is 11.9. The first-order valence-electron chi connectivity index (χ1n) is 7.62. The van der Waals surface area contributed by atoms with Gasteiger partial charge in [-0.1, -0.05) is 18.6 Å². The van der Waals surface area contributed by atoms with E-state index in [1.807, 2.05) is 0 Å². The molecule has 5 atom stereocenters. The third-order valence-corrected chi connectivity index (χ3v) is 5.34. The van der Waals surface area contributed by atoms with E-state index in [1.54, 1.807) is 0 Å². The van der Waals surface area contributed by atoms with Gasteiger partial charge in [0.2, 0.25) is 0 Å². The number of hydrogen-bond acceptors (Lipinski definition) is 3. The molecule has 0 spiro atoms. The number of aliphatic hydroxyl groups is 1. The van der Waals surface area contributed by atoms with Crippen molar-refractivity contribution in [3.05, 3.63) is 11.6 Å². The van der Waals surface area contributed by atoms with Gasteiger partial charge in [0, 0.05) is 19.3 Å². The first kappa shape index (κ1) is 13.2. The van der Waals surface area contributed by atoms with Crippen LogP contribution in [0, 0.1) is 17.8 Å². The highest BCUT2D eigenvalue weighted by Crippen LogP contribution is 2.59. The van der Waals surface area contributed by atoms with Gasteiger partial charge in [0.05, 0.1) is 5.60 Å². The van der Waals surface area contributed by atoms with Crippen LogP contribution in [0.25, 0.3) is 0 Å². The molecule has 0 amide bonds. The van der Waals surface area contributed by atoms with Crippen LogP contribution in [-0.4, -0.2) is 22.8 Å². The van der Waals surface area contributed by atoms with Crippen LogP contribution in [0.3, 0.4) is 0 Å². The molecule has 0 aromatic heterocycles. The lowest BCUT2D eigenvalue weighted by molar-refractivity contribution is -0.146. The van der Waals surface area contributed by atoms with Gasteiger partial charge in [-0.05, 0) is 43.9 Å². The van der Waals surface area contributed by atoms with E-state index in [1.165, 1.54) is 18.9 Å². The molecule has 0 heterocycles. The fraction of sp³-hybridized carbons (Fsp3) is 0.812. The first-order valence-corrected chi connectivity index (χ1v) is 7.62. The van der Waals surface area contributed by atoms with Gasteiger partial charge in [-0.2, -0.15) is 0 Å². The number of carbonyl (C=O) groups excluding carboxylic acids is 1. The highest BCUT2D eigenvalue weighted by Gasteiger charge is 2.55. The van der Waals surface area contributed by atoms with Crippen molar-refractivity contribution in [3.8, 4) is 0 Å². The zero-order valence-corrected chi connectivity index (χ0v) is 11.9. The fourth-order valence-corrected chi connectivity index (χ4v) is 4.37. The molecular formula is C16H24O3. The smallest absolute Gasteiger partial charge is 0.302 e. The Bertz CT molecular complexity index is 414. The van der Waals surface area contributed by atoms with Crippen molar-refractivity contribution >= 4 is 5.97 Å². The van der Waals surface area contributed by atoms with Crippen LogP contribution < -0.4 is 0 Å². The van der Waals surface area contributed by atoms with Gasteiger partial charge in [-0.25, -0.2) is 0 Å². The van der Waals surface area contributed by atoms with E-state index in [2.05, 4.69) is 13.0 Å². The Balaban J connectivity index is 1.85. The van der Waals surface area contributed by atoms with Crippen molar-refractivity contribution in [1.82, 2.24) is 0 Å². The molecule has 1 N–H and O–H groups in total. The normalized spacial score (nSPS) is 44.5. The maximum absolute atomic E-state index is 11.2. The second-order valence-corrected chi connectivity index (χ2v) is 6.58. The van der Waals surface area contributed by atoms with E-state index in [0.29, 0.717) is 17.8 Å². The maximum Gasteiger partial charge on any atom is 0.302 e. The molecule has 3 nitrogen and oxygen atoms in total. The van der Waals surface area contributed by atoms with Crippen LogP contribution in [-0.2, 0) is 9.53 Å². The van der Waals surface area contributed by atoms with E-state index >= 15 is 0 Å². The monoisotopic (exact) mass is 264 g/mol. The molecule has 3 heteroatoms. The minimum Gasteiger partial charge on any atom is -0.462 e. The molecule has 19 heavy (non-hydrogen) atoms. The van der Waals surface area contributed by atoms with E-state index in [9.17, 15) is 9.90 Å². The first-order chi connectivity index (χ1) is 9.03. The Labute approximate surface area is 115 Å². The lowest BCUT2D eigenvalue weighted by atomic mass is 9.70.